The lowest BCUT2D eigenvalue weighted by atomic mass is 9.95. The van der Waals surface area contributed by atoms with Crippen molar-refractivity contribution < 1.29 is 23.9 Å². The second-order valence-corrected chi connectivity index (χ2v) is 17.0. The van der Waals surface area contributed by atoms with E-state index in [0.29, 0.717) is 12.5 Å². The van der Waals surface area contributed by atoms with Crippen LogP contribution in [0.1, 0.15) is 84.2 Å². The number of carbonyl (C=O) groups is 3. The van der Waals surface area contributed by atoms with Crippen LogP contribution in [0.2, 0.25) is 0 Å². The number of imidazole rings is 1. The van der Waals surface area contributed by atoms with Gasteiger partial charge in [-0.05, 0) is 110 Å². The molecule has 8 rings (SSSR count). The molecule has 0 radical (unpaired) electrons. The number of H-pyrrole nitrogens is 1. The fourth-order valence-corrected chi connectivity index (χ4v) is 9.07. The maximum absolute atomic E-state index is 13.9. The normalized spacial score (nSPS) is 23.6. The highest BCUT2D eigenvalue weighted by Crippen LogP contribution is 2.50. The number of rotatable bonds is 8. The number of likely N-dealkylation sites (tertiary alicyclic amines) is 2. The molecule has 4 aromatic rings. The first kappa shape index (κ1) is 37.4. The van der Waals surface area contributed by atoms with Gasteiger partial charge in [0.25, 0.3) is 0 Å². The monoisotopic (exact) mass is 759 g/mol. The van der Waals surface area contributed by atoms with Gasteiger partial charge < -0.3 is 40.2 Å². The van der Waals surface area contributed by atoms with Gasteiger partial charge in [0.2, 0.25) is 5.91 Å². The van der Waals surface area contributed by atoms with Gasteiger partial charge in [-0.2, -0.15) is 0 Å². The molecule has 1 unspecified atom stereocenters. The molecular formula is C44H53N7O5. The molecule has 4 aliphatic rings. The van der Waals surface area contributed by atoms with Gasteiger partial charge in [-0.15, -0.1) is 0 Å². The van der Waals surface area contributed by atoms with E-state index >= 15 is 0 Å². The van der Waals surface area contributed by atoms with Gasteiger partial charge in [0.1, 0.15) is 23.6 Å². The number of methoxy groups -OCH3 is 1. The molecule has 4 heterocycles. The lowest BCUT2D eigenvalue weighted by Crippen LogP contribution is -2.54. The number of nitrogens with zero attached hydrogens (tertiary/aromatic N) is 3. The second-order valence-electron chi connectivity index (χ2n) is 17.0. The third-order valence-corrected chi connectivity index (χ3v) is 11.8. The Morgan fingerprint density at radius 2 is 1.61 bits per heavy atom. The number of piperidine rings is 1. The van der Waals surface area contributed by atoms with E-state index in [0.717, 1.165) is 82.3 Å². The number of hydrogen-bond donors (Lipinski definition) is 4. The van der Waals surface area contributed by atoms with Crippen molar-refractivity contribution in [3.05, 3.63) is 84.4 Å². The van der Waals surface area contributed by atoms with Crippen molar-refractivity contribution in [2.75, 3.05) is 13.7 Å². The molecule has 3 aromatic carbocycles. The van der Waals surface area contributed by atoms with Crippen molar-refractivity contribution in [1.29, 1.82) is 0 Å². The van der Waals surface area contributed by atoms with Crippen LogP contribution in [0.5, 0.6) is 0 Å². The summed E-state index contributed by atoms with van der Waals surface area (Å²) in [4.78, 5) is 51.1. The first-order valence-electron chi connectivity index (χ1n) is 20.0. The molecule has 3 aliphatic heterocycles. The van der Waals surface area contributed by atoms with Crippen molar-refractivity contribution in [1.82, 2.24) is 35.7 Å². The highest BCUT2D eigenvalue weighted by Gasteiger charge is 2.51. The van der Waals surface area contributed by atoms with Gasteiger partial charge in [0, 0.05) is 18.8 Å². The molecule has 3 fully saturated rings. The van der Waals surface area contributed by atoms with Gasteiger partial charge >= 0.3 is 12.2 Å². The molecule has 1 saturated carbocycles. The zero-order chi connectivity index (χ0) is 39.3. The lowest BCUT2D eigenvalue weighted by molar-refractivity contribution is -0.139. The highest BCUT2D eigenvalue weighted by molar-refractivity contribution is 5.90. The SMILES string of the molecule is COC(=O)N[C@H](C(=O)N1[C@@H]2CC[C@@H](C2)[C@H]1c1ncc(-c2ccc(-c3ccc4cc(C5=CNC([C@@H]6CCCN6C(=O)OC(C)(C)C)N5)ccc4c3)cc2)[nH]1)C(C)C. The van der Waals surface area contributed by atoms with Gasteiger partial charge in [-0.25, -0.2) is 14.6 Å². The quantitative estimate of drug-likeness (QED) is 0.144. The minimum Gasteiger partial charge on any atom is -0.453 e. The average Bonchev–Trinajstić information content (AvgIpc) is 4.04. The zero-order valence-electron chi connectivity index (χ0n) is 33.1. The Bertz CT molecular complexity index is 2150. The molecule has 1 aliphatic carbocycles. The maximum Gasteiger partial charge on any atom is 0.410 e. The molecule has 6 atom stereocenters. The highest BCUT2D eigenvalue weighted by atomic mass is 16.6. The van der Waals surface area contributed by atoms with E-state index in [-0.39, 0.29) is 42.2 Å². The molecular weight excluding hydrogens is 707 g/mol. The number of fused-ring (bicyclic) bond motifs is 3. The van der Waals surface area contributed by atoms with E-state index in [1.807, 2.05) is 56.8 Å². The molecule has 4 N–H and O–H groups in total. The zero-order valence-corrected chi connectivity index (χ0v) is 33.1. The Hall–Kier alpha value is -5.52. The molecule has 294 valence electrons. The van der Waals surface area contributed by atoms with Crippen LogP contribution in [0, 0.1) is 11.8 Å². The summed E-state index contributed by atoms with van der Waals surface area (Å²) < 4.78 is 10.5. The summed E-state index contributed by atoms with van der Waals surface area (Å²) in [6.45, 7) is 10.3. The van der Waals surface area contributed by atoms with Crippen molar-refractivity contribution >= 4 is 34.6 Å². The second kappa shape index (κ2) is 14.9. The van der Waals surface area contributed by atoms with Crippen LogP contribution in [0.25, 0.3) is 38.9 Å². The van der Waals surface area contributed by atoms with E-state index in [1.165, 1.54) is 7.11 Å². The summed E-state index contributed by atoms with van der Waals surface area (Å²) in [6.07, 6.45) is 7.75. The number of carbonyl (C=O) groups excluding carboxylic acids is 3. The minimum absolute atomic E-state index is 0.00703. The number of hydrogen-bond acceptors (Lipinski definition) is 8. The summed E-state index contributed by atoms with van der Waals surface area (Å²) in [6, 6.07) is 20.8. The number of amides is 3. The molecule has 56 heavy (non-hydrogen) atoms. The van der Waals surface area contributed by atoms with Crippen LogP contribution >= 0.6 is 0 Å². The summed E-state index contributed by atoms with van der Waals surface area (Å²) in [5.74, 6) is 0.943. The summed E-state index contributed by atoms with van der Waals surface area (Å²) in [5, 5.41) is 12.1. The van der Waals surface area contributed by atoms with Crippen LogP contribution < -0.4 is 16.0 Å². The molecule has 0 spiro atoms. The molecule has 2 bridgehead atoms. The molecule has 12 heteroatoms. The number of ether oxygens (including phenoxy) is 2. The summed E-state index contributed by atoms with van der Waals surface area (Å²) >= 11 is 0. The predicted octanol–water partition coefficient (Wildman–Crippen LogP) is 7.55. The van der Waals surface area contributed by atoms with E-state index in [2.05, 4.69) is 81.6 Å². The van der Waals surface area contributed by atoms with Crippen molar-refractivity contribution in [2.24, 2.45) is 11.8 Å². The average molecular weight is 760 g/mol. The standard InChI is InChI=1S/C44H53N7O5/c1-25(2)37(49-42(53)55-6)41(52)51-33-18-17-32(22-33)38(51)40-46-23-34(48-40)27-11-9-26(10-12-27)28-13-14-30-21-31(16-15-29(30)20-28)35-24-45-39(47-35)36-8-7-19-50(36)43(54)56-44(3,4)5/h9-16,20-21,23-25,32-33,36-39,45,47H,7-8,17-19,22H2,1-6H3,(H,46,48)(H,49,53)/t32-,33+,36-,37-,38-,39?/m0/s1. The Morgan fingerprint density at radius 3 is 2.32 bits per heavy atom. The smallest absolute Gasteiger partial charge is 0.410 e. The Labute approximate surface area is 328 Å². The van der Waals surface area contributed by atoms with E-state index in [4.69, 9.17) is 14.5 Å². The van der Waals surface area contributed by atoms with Crippen molar-refractivity contribution in [3.63, 3.8) is 0 Å². The number of nitrogens with one attached hydrogen (secondary N) is 4. The van der Waals surface area contributed by atoms with Crippen LogP contribution in [-0.4, -0.2) is 81.4 Å². The van der Waals surface area contributed by atoms with Gasteiger partial charge in [-0.3, -0.25) is 4.79 Å². The van der Waals surface area contributed by atoms with Gasteiger partial charge in [0.15, 0.2) is 0 Å². The third-order valence-electron chi connectivity index (χ3n) is 11.8. The number of benzene rings is 3. The summed E-state index contributed by atoms with van der Waals surface area (Å²) in [7, 11) is 1.31. The predicted molar refractivity (Wildman–Crippen MR) is 216 cm³/mol. The first-order valence-corrected chi connectivity index (χ1v) is 20.0. The Balaban J connectivity index is 0.937. The topological polar surface area (TPSA) is 141 Å². The van der Waals surface area contributed by atoms with Crippen molar-refractivity contribution in [2.45, 2.75) is 103 Å². The van der Waals surface area contributed by atoms with Crippen LogP contribution in [-0.2, 0) is 14.3 Å². The minimum atomic E-state index is -0.670. The van der Waals surface area contributed by atoms with E-state index in [1.54, 1.807) is 0 Å². The fourth-order valence-electron chi connectivity index (χ4n) is 9.07. The first-order chi connectivity index (χ1) is 26.9. The van der Waals surface area contributed by atoms with Gasteiger partial charge in [-0.1, -0.05) is 62.4 Å². The molecule has 3 amide bonds. The molecule has 12 nitrogen and oxygen atoms in total. The Morgan fingerprint density at radius 1 is 0.911 bits per heavy atom. The van der Waals surface area contributed by atoms with E-state index < -0.39 is 17.7 Å². The third kappa shape index (κ3) is 7.29. The largest absolute Gasteiger partial charge is 0.453 e. The fraction of sp³-hybridized carbons (Fsp3) is 0.455. The molecule has 1 aromatic heterocycles. The number of aromatic amines is 1. The Kier molecular flexibility index (Phi) is 9.92. The van der Waals surface area contributed by atoms with Crippen LogP contribution in [0.3, 0.4) is 0 Å². The van der Waals surface area contributed by atoms with E-state index in [9.17, 15) is 14.4 Å². The summed E-state index contributed by atoms with van der Waals surface area (Å²) in [5.41, 5.74) is 5.71. The molecule has 2 saturated heterocycles. The number of aromatic nitrogens is 2. The number of alkyl carbamates (subject to hydrolysis) is 1. The van der Waals surface area contributed by atoms with Crippen LogP contribution in [0.4, 0.5) is 9.59 Å². The van der Waals surface area contributed by atoms with Crippen LogP contribution in [0.15, 0.2) is 73.1 Å². The van der Waals surface area contributed by atoms with Crippen molar-refractivity contribution in [3.8, 4) is 22.4 Å². The maximum atomic E-state index is 13.9. The lowest BCUT2D eigenvalue weighted by Gasteiger charge is -2.37. The van der Waals surface area contributed by atoms with Gasteiger partial charge in [0.05, 0.1) is 36.8 Å².